The van der Waals surface area contributed by atoms with Gasteiger partial charge in [-0.3, -0.25) is 14.9 Å². The average molecular weight is 268 g/mol. The molecular weight excluding hydrogens is 256 g/mol. The fraction of sp³-hybridized carbons (Fsp3) is 0.273. The number of ether oxygens (including phenoxy) is 2. The summed E-state index contributed by atoms with van der Waals surface area (Å²) < 4.78 is 9.30. The number of rotatable bonds is 4. The zero-order chi connectivity index (χ0) is 14.4. The Morgan fingerprint density at radius 2 is 2.11 bits per heavy atom. The predicted molar refractivity (Wildman–Crippen MR) is 64.9 cm³/mol. The molecule has 0 fully saturated rings. The molecule has 0 aromatic heterocycles. The van der Waals surface area contributed by atoms with Crippen molar-refractivity contribution in [2.75, 3.05) is 19.0 Å². The minimum atomic E-state index is -1.05. The van der Waals surface area contributed by atoms with E-state index < -0.39 is 16.8 Å². The Kier molecular flexibility index (Phi) is 4.81. The molecule has 1 N–H and O–H groups in total. The molecule has 1 aromatic carbocycles. The first-order valence-corrected chi connectivity index (χ1v) is 5.30. The Morgan fingerprint density at radius 1 is 1.42 bits per heavy atom. The zero-order valence-corrected chi connectivity index (χ0v) is 10.3. The van der Waals surface area contributed by atoms with E-state index in [9.17, 15) is 19.7 Å². The van der Waals surface area contributed by atoms with E-state index in [0.29, 0.717) is 0 Å². The van der Waals surface area contributed by atoms with Gasteiger partial charge in [-0.15, -0.1) is 0 Å². The molecule has 1 aromatic rings. The number of nitrogens with zero attached hydrogens (tertiary/aromatic N) is 1. The van der Waals surface area contributed by atoms with Crippen LogP contribution in [0.15, 0.2) is 18.2 Å². The van der Waals surface area contributed by atoms with Gasteiger partial charge in [0.15, 0.2) is 5.75 Å². The highest BCUT2D eigenvalue weighted by molar-refractivity contribution is 6.37. The molecule has 8 nitrogen and oxygen atoms in total. The number of nitro groups is 1. The molecule has 19 heavy (non-hydrogen) atoms. The van der Waals surface area contributed by atoms with Gasteiger partial charge in [0.05, 0.1) is 18.6 Å². The number of carbonyl (C=O) groups excluding carboxylic acids is 2. The SMILES string of the molecule is CCOC(=O)C(=O)Nc1ccc(OC)c([N+](=O)[O-])c1. The lowest BCUT2D eigenvalue weighted by Gasteiger charge is -2.06. The first-order valence-electron chi connectivity index (χ1n) is 5.30. The lowest BCUT2D eigenvalue weighted by Crippen LogP contribution is -2.25. The van der Waals surface area contributed by atoms with Gasteiger partial charge in [-0.05, 0) is 19.1 Å². The summed E-state index contributed by atoms with van der Waals surface area (Å²) in [6, 6.07) is 3.79. The van der Waals surface area contributed by atoms with Gasteiger partial charge < -0.3 is 14.8 Å². The fourth-order valence-corrected chi connectivity index (χ4v) is 1.29. The predicted octanol–water partition coefficient (Wildman–Crippen LogP) is 1.10. The third kappa shape index (κ3) is 3.66. The van der Waals surface area contributed by atoms with Crippen LogP contribution in [0.4, 0.5) is 11.4 Å². The van der Waals surface area contributed by atoms with Gasteiger partial charge in [0.25, 0.3) is 0 Å². The molecule has 0 heterocycles. The summed E-state index contributed by atoms with van der Waals surface area (Å²) in [5.41, 5.74) is -0.213. The lowest BCUT2D eigenvalue weighted by molar-refractivity contribution is -0.385. The van der Waals surface area contributed by atoms with Crippen molar-refractivity contribution in [3.8, 4) is 5.75 Å². The van der Waals surface area contributed by atoms with Crippen molar-refractivity contribution in [2.45, 2.75) is 6.92 Å². The van der Waals surface area contributed by atoms with Crippen LogP contribution in [-0.2, 0) is 14.3 Å². The molecule has 102 valence electrons. The number of esters is 1. The van der Waals surface area contributed by atoms with Crippen molar-refractivity contribution in [2.24, 2.45) is 0 Å². The Balaban J connectivity index is 2.91. The molecule has 0 saturated carbocycles. The summed E-state index contributed by atoms with van der Waals surface area (Å²) in [7, 11) is 1.29. The van der Waals surface area contributed by atoms with Gasteiger partial charge >= 0.3 is 17.6 Å². The minimum Gasteiger partial charge on any atom is -0.490 e. The van der Waals surface area contributed by atoms with Gasteiger partial charge in [0.1, 0.15) is 0 Å². The van der Waals surface area contributed by atoms with E-state index in [1.807, 2.05) is 0 Å². The largest absolute Gasteiger partial charge is 0.490 e. The van der Waals surface area contributed by atoms with Crippen LogP contribution in [0, 0.1) is 10.1 Å². The van der Waals surface area contributed by atoms with E-state index in [0.717, 1.165) is 6.07 Å². The topological polar surface area (TPSA) is 108 Å². The number of hydrogen-bond acceptors (Lipinski definition) is 6. The molecule has 0 bridgehead atoms. The third-order valence-corrected chi connectivity index (χ3v) is 2.09. The molecule has 1 amide bonds. The molecule has 0 radical (unpaired) electrons. The maximum Gasteiger partial charge on any atom is 0.397 e. The summed E-state index contributed by atoms with van der Waals surface area (Å²) >= 11 is 0. The maximum absolute atomic E-state index is 11.4. The van der Waals surface area contributed by atoms with Crippen LogP contribution in [0.2, 0.25) is 0 Å². The zero-order valence-electron chi connectivity index (χ0n) is 10.3. The molecular formula is C11H12N2O6. The van der Waals surface area contributed by atoms with Crippen molar-refractivity contribution < 1.29 is 24.0 Å². The maximum atomic E-state index is 11.4. The van der Waals surface area contributed by atoms with E-state index in [1.165, 1.54) is 19.2 Å². The second-order valence-corrected chi connectivity index (χ2v) is 3.32. The monoisotopic (exact) mass is 268 g/mol. The Labute approximate surface area is 108 Å². The molecule has 0 atom stereocenters. The number of carbonyl (C=O) groups is 2. The summed E-state index contributed by atoms with van der Waals surface area (Å²) in [6.45, 7) is 1.62. The highest BCUT2D eigenvalue weighted by Crippen LogP contribution is 2.29. The summed E-state index contributed by atoms with van der Waals surface area (Å²) in [5, 5.41) is 13.0. The average Bonchev–Trinajstić information content (AvgIpc) is 2.38. The number of anilines is 1. The molecule has 0 unspecified atom stereocenters. The van der Waals surface area contributed by atoms with Crippen molar-refractivity contribution in [1.82, 2.24) is 0 Å². The molecule has 1 rings (SSSR count). The standard InChI is InChI=1S/C11H12N2O6/c1-3-19-11(15)10(14)12-7-4-5-9(18-2)8(6-7)13(16)17/h4-6H,3H2,1-2H3,(H,12,14). The second kappa shape index (κ2) is 6.34. The van der Waals surface area contributed by atoms with Crippen LogP contribution in [-0.4, -0.2) is 30.5 Å². The van der Waals surface area contributed by atoms with Crippen molar-refractivity contribution in [3.05, 3.63) is 28.3 Å². The lowest BCUT2D eigenvalue weighted by atomic mass is 10.2. The summed E-state index contributed by atoms with van der Waals surface area (Å²) in [4.78, 5) is 32.6. The van der Waals surface area contributed by atoms with E-state index in [1.54, 1.807) is 6.92 Å². The minimum absolute atomic E-state index is 0.0548. The second-order valence-electron chi connectivity index (χ2n) is 3.32. The summed E-state index contributed by atoms with van der Waals surface area (Å²) in [6.07, 6.45) is 0. The van der Waals surface area contributed by atoms with Gasteiger partial charge in [0.2, 0.25) is 0 Å². The van der Waals surface area contributed by atoms with Gasteiger partial charge in [-0.25, -0.2) is 4.79 Å². The Morgan fingerprint density at radius 3 is 2.63 bits per heavy atom. The fourth-order valence-electron chi connectivity index (χ4n) is 1.29. The van der Waals surface area contributed by atoms with Crippen molar-refractivity contribution in [3.63, 3.8) is 0 Å². The molecule has 0 spiro atoms. The first kappa shape index (κ1) is 14.4. The number of nitro benzene ring substituents is 1. The van der Waals surface area contributed by atoms with Gasteiger partial charge in [-0.2, -0.15) is 0 Å². The van der Waals surface area contributed by atoms with Crippen molar-refractivity contribution in [1.29, 1.82) is 0 Å². The molecule has 0 saturated heterocycles. The quantitative estimate of drug-likeness (QED) is 0.379. The van der Waals surface area contributed by atoms with Crippen LogP contribution in [0.3, 0.4) is 0 Å². The van der Waals surface area contributed by atoms with Crippen LogP contribution in [0.5, 0.6) is 5.75 Å². The molecule has 0 aliphatic rings. The van der Waals surface area contributed by atoms with E-state index >= 15 is 0 Å². The Hall–Kier alpha value is -2.64. The number of benzene rings is 1. The van der Waals surface area contributed by atoms with Gasteiger partial charge in [-0.1, -0.05) is 0 Å². The van der Waals surface area contributed by atoms with E-state index in [-0.39, 0.29) is 23.7 Å². The normalized spacial score (nSPS) is 9.58. The van der Waals surface area contributed by atoms with Gasteiger partial charge in [0, 0.05) is 11.8 Å². The van der Waals surface area contributed by atoms with Crippen LogP contribution in [0.25, 0.3) is 0 Å². The number of methoxy groups -OCH3 is 1. The van der Waals surface area contributed by atoms with Crippen LogP contribution < -0.4 is 10.1 Å². The summed E-state index contributed by atoms with van der Waals surface area (Å²) in [5.74, 6) is -2.00. The first-order chi connectivity index (χ1) is 8.99. The van der Waals surface area contributed by atoms with E-state index in [4.69, 9.17) is 4.74 Å². The molecule has 8 heteroatoms. The van der Waals surface area contributed by atoms with Crippen molar-refractivity contribution >= 4 is 23.3 Å². The van der Waals surface area contributed by atoms with Crippen LogP contribution in [0.1, 0.15) is 6.92 Å². The molecule has 0 aliphatic heterocycles. The number of amides is 1. The Bertz CT molecular complexity index is 514. The van der Waals surface area contributed by atoms with Crippen LogP contribution >= 0.6 is 0 Å². The molecule has 0 aliphatic carbocycles. The smallest absolute Gasteiger partial charge is 0.397 e. The third-order valence-electron chi connectivity index (χ3n) is 2.09. The highest BCUT2D eigenvalue weighted by Gasteiger charge is 2.19. The number of hydrogen-bond donors (Lipinski definition) is 1. The number of nitrogens with one attached hydrogen (secondary N) is 1. The van der Waals surface area contributed by atoms with E-state index in [2.05, 4.69) is 10.1 Å². The highest BCUT2D eigenvalue weighted by atomic mass is 16.6.